The number of nitrogens with zero attached hydrogens (tertiary/aromatic N) is 1. The molecule has 0 aliphatic heterocycles. The van der Waals surface area contributed by atoms with Crippen LogP contribution in [0.2, 0.25) is 0 Å². The third-order valence-corrected chi connectivity index (χ3v) is 3.39. The van der Waals surface area contributed by atoms with E-state index in [1.165, 1.54) is 11.1 Å². The van der Waals surface area contributed by atoms with Crippen molar-refractivity contribution >= 4 is 11.9 Å². The predicted molar refractivity (Wildman–Crippen MR) is 85.8 cm³/mol. The maximum atomic E-state index is 11.9. The van der Waals surface area contributed by atoms with Crippen LogP contribution in [0.1, 0.15) is 59.1 Å². The van der Waals surface area contributed by atoms with Gasteiger partial charge >= 0.3 is 18.9 Å². The Kier molecular flexibility index (Phi) is 7.96. The Morgan fingerprint density at radius 1 is 1.05 bits per heavy atom. The van der Waals surface area contributed by atoms with E-state index < -0.39 is 5.60 Å². The van der Waals surface area contributed by atoms with Gasteiger partial charge in [-0.15, -0.1) is 5.60 Å². The summed E-state index contributed by atoms with van der Waals surface area (Å²) in [4.78, 5) is 4.74. The molecule has 2 nitrogen and oxygen atoms in total. The Bertz CT molecular complexity index is 450. The predicted octanol–water partition coefficient (Wildman–Crippen LogP) is 1.07. The second-order valence-electron chi connectivity index (χ2n) is 6.82. The molecule has 0 aliphatic rings. The van der Waals surface area contributed by atoms with Gasteiger partial charge in [-0.3, -0.25) is 4.99 Å². The SMILES string of the molecule is CCc1cccc(CC)c1N=CC(C)(C)CC(C)(C)[O-].[Li+]. The third kappa shape index (κ3) is 6.83. The molecule has 3 heteroatoms. The molecule has 0 amide bonds. The summed E-state index contributed by atoms with van der Waals surface area (Å²) in [5.41, 5.74) is 2.54. The quantitative estimate of drug-likeness (QED) is 0.567. The van der Waals surface area contributed by atoms with Crippen molar-refractivity contribution in [1.29, 1.82) is 0 Å². The van der Waals surface area contributed by atoms with E-state index in [1.807, 2.05) is 6.21 Å². The molecule has 0 saturated carbocycles. The van der Waals surface area contributed by atoms with E-state index in [0.29, 0.717) is 6.42 Å². The maximum Gasteiger partial charge on any atom is 1.00 e. The summed E-state index contributed by atoms with van der Waals surface area (Å²) in [6.45, 7) is 11.9. The van der Waals surface area contributed by atoms with Crippen LogP contribution in [0.5, 0.6) is 0 Å². The minimum Gasteiger partial charge on any atom is -0.850 e. The fraction of sp³-hybridized carbons (Fsp3) is 0.611. The van der Waals surface area contributed by atoms with Crippen LogP contribution in [0.15, 0.2) is 23.2 Å². The van der Waals surface area contributed by atoms with Gasteiger partial charge in [0.05, 0.1) is 5.69 Å². The van der Waals surface area contributed by atoms with Gasteiger partial charge in [-0.25, -0.2) is 0 Å². The van der Waals surface area contributed by atoms with Crippen LogP contribution >= 0.6 is 0 Å². The van der Waals surface area contributed by atoms with E-state index >= 15 is 0 Å². The van der Waals surface area contributed by atoms with E-state index in [4.69, 9.17) is 4.99 Å². The molecule has 0 spiro atoms. The molecule has 0 heterocycles. The normalized spacial score (nSPS) is 12.5. The smallest absolute Gasteiger partial charge is 0.850 e. The number of aryl methyl sites for hydroxylation is 2. The van der Waals surface area contributed by atoms with Crippen LogP contribution in [0.3, 0.4) is 0 Å². The molecule has 1 aromatic rings. The summed E-state index contributed by atoms with van der Waals surface area (Å²) in [5, 5.41) is 11.9. The molecule has 0 saturated heterocycles. The number of rotatable bonds is 6. The first-order valence-electron chi connectivity index (χ1n) is 7.55. The molecule has 0 aliphatic carbocycles. The van der Waals surface area contributed by atoms with E-state index in [1.54, 1.807) is 13.8 Å². The van der Waals surface area contributed by atoms with Crippen LogP contribution in [-0.4, -0.2) is 11.8 Å². The minimum absolute atomic E-state index is 0. The zero-order chi connectivity index (χ0) is 15.4. The Hall–Kier alpha value is -0.553. The molecule has 0 fully saturated rings. The number of aliphatic imine (C=N–C) groups is 1. The third-order valence-electron chi connectivity index (χ3n) is 3.39. The second kappa shape index (κ2) is 8.18. The molecule has 0 bridgehead atoms. The maximum absolute atomic E-state index is 11.9. The molecule has 0 N–H and O–H groups in total. The average molecular weight is 281 g/mol. The van der Waals surface area contributed by atoms with Gasteiger partial charge in [-0.2, -0.15) is 0 Å². The fourth-order valence-electron chi connectivity index (χ4n) is 2.76. The van der Waals surface area contributed by atoms with Gasteiger partial charge in [0.25, 0.3) is 0 Å². The number of para-hydroxylation sites is 1. The molecular weight excluding hydrogens is 253 g/mol. The number of hydrogen-bond acceptors (Lipinski definition) is 2. The van der Waals surface area contributed by atoms with Crippen molar-refractivity contribution in [3.05, 3.63) is 29.3 Å². The first kappa shape index (κ1) is 20.4. The summed E-state index contributed by atoms with van der Waals surface area (Å²) in [5.74, 6) is 0. The summed E-state index contributed by atoms with van der Waals surface area (Å²) in [7, 11) is 0. The van der Waals surface area contributed by atoms with Gasteiger partial charge in [-0.05, 0) is 29.4 Å². The van der Waals surface area contributed by atoms with Crippen molar-refractivity contribution in [3.63, 3.8) is 0 Å². The van der Waals surface area contributed by atoms with Crippen molar-refractivity contribution in [3.8, 4) is 0 Å². The zero-order valence-electron chi connectivity index (χ0n) is 14.8. The van der Waals surface area contributed by atoms with E-state index in [2.05, 4.69) is 45.9 Å². The van der Waals surface area contributed by atoms with Crippen LogP contribution in [0, 0.1) is 5.41 Å². The number of benzene rings is 1. The minimum atomic E-state index is -0.923. The molecular formula is C18H28LiNO. The zero-order valence-corrected chi connectivity index (χ0v) is 14.8. The van der Waals surface area contributed by atoms with Gasteiger partial charge in [0.2, 0.25) is 0 Å². The molecule has 0 aromatic heterocycles. The summed E-state index contributed by atoms with van der Waals surface area (Å²) in [6.07, 6.45) is 4.50. The van der Waals surface area contributed by atoms with E-state index in [0.717, 1.165) is 18.5 Å². The summed E-state index contributed by atoms with van der Waals surface area (Å²) in [6, 6.07) is 6.37. The summed E-state index contributed by atoms with van der Waals surface area (Å²) >= 11 is 0. The molecule has 0 radical (unpaired) electrons. The van der Waals surface area contributed by atoms with Gasteiger partial charge in [0.1, 0.15) is 0 Å². The van der Waals surface area contributed by atoms with Gasteiger partial charge in [0.15, 0.2) is 0 Å². The standard InChI is InChI=1S/C18H28NO.Li/c1-7-14-10-9-11-15(8-2)16(14)19-13-17(3,4)12-18(5,6)20;/h9-11,13H,7-8,12H2,1-6H3;/q-1;+1. The van der Waals surface area contributed by atoms with Crippen molar-refractivity contribution in [1.82, 2.24) is 0 Å². The Morgan fingerprint density at radius 2 is 1.52 bits per heavy atom. The van der Waals surface area contributed by atoms with Gasteiger partial charge in [-0.1, -0.05) is 66.2 Å². The van der Waals surface area contributed by atoms with Gasteiger partial charge < -0.3 is 5.11 Å². The molecule has 0 unspecified atom stereocenters. The first-order valence-corrected chi connectivity index (χ1v) is 7.55. The largest absolute Gasteiger partial charge is 1.00 e. The summed E-state index contributed by atoms with van der Waals surface area (Å²) < 4.78 is 0. The average Bonchev–Trinajstić information content (AvgIpc) is 2.33. The van der Waals surface area contributed by atoms with E-state index in [9.17, 15) is 5.11 Å². The van der Waals surface area contributed by atoms with Crippen LogP contribution in [0.4, 0.5) is 5.69 Å². The molecule has 21 heavy (non-hydrogen) atoms. The molecule has 1 aromatic carbocycles. The van der Waals surface area contributed by atoms with Crippen molar-refractivity contribution in [2.24, 2.45) is 10.4 Å². The van der Waals surface area contributed by atoms with Crippen LogP contribution < -0.4 is 24.0 Å². The first-order chi connectivity index (χ1) is 9.18. The Balaban J connectivity index is 0.00000400. The van der Waals surface area contributed by atoms with Crippen LogP contribution in [-0.2, 0) is 12.8 Å². The second-order valence-corrected chi connectivity index (χ2v) is 6.82. The molecule has 1 rings (SSSR count). The van der Waals surface area contributed by atoms with E-state index in [-0.39, 0.29) is 24.3 Å². The van der Waals surface area contributed by atoms with Gasteiger partial charge in [0, 0.05) is 6.21 Å². The van der Waals surface area contributed by atoms with Crippen molar-refractivity contribution < 1.29 is 24.0 Å². The fourth-order valence-corrected chi connectivity index (χ4v) is 2.76. The number of hydrogen-bond donors (Lipinski definition) is 0. The van der Waals surface area contributed by atoms with Crippen LogP contribution in [0.25, 0.3) is 0 Å². The topological polar surface area (TPSA) is 35.4 Å². The molecule has 0 atom stereocenters. The Labute approximate surface area is 142 Å². The van der Waals surface area contributed by atoms with Crippen molar-refractivity contribution in [2.45, 2.75) is 66.4 Å². The Morgan fingerprint density at radius 3 is 1.90 bits per heavy atom. The van der Waals surface area contributed by atoms with Crippen molar-refractivity contribution in [2.75, 3.05) is 0 Å². The monoisotopic (exact) mass is 281 g/mol. The molecule has 112 valence electrons.